The molecule has 0 bridgehead atoms. The molecule has 0 aromatic carbocycles. The lowest BCUT2D eigenvalue weighted by atomic mass is 10.1. The Morgan fingerprint density at radius 2 is 1.72 bits per heavy atom. The molecule has 1 saturated heterocycles. The van der Waals surface area contributed by atoms with Gasteiger partial charge in [-0.1, -0.05) is 0 Å². The Morgan fingerprint density at radius 3 is 2.28 bits per heavy atom. The van der Waals surface area contributed by atoms with Crippen LogP contribution < -0.4 is 11.4 Å². The van der Waals surface area contributed by atoms with Gasteiger partial charge in [-0.05, 0) is 6.07 Å². The summed E-state index contributed by atoms with van der Waals surface area (Å²) in [5, 5.41) is 20.0. The van der Waals surface area contributed by atoms with Crippen molar-refractivity contribution in [2.75, 3.05) is 12.3 Å². The Kier molecular flexibility index (Phi) is 7.20. The zero-order valence-electron chi connectivity index (χ0n) is 13.9. The van der Waals surface area contributed by atoms with Gasteiger partial charge in [0.05, 0.1) is 6.61 Å². The zero-order chi connectivity index (χ0) is 22.2. The summed E-state index contributed by atoms with van der Waals surface area (Å²) in [5.41, 5.74) is 4.39. The van der Waals surface area contributed by atoms with E-state index in [9.17, 15) is 33.6 Å². The fraction of sp³-hybridized carbons (Fsp3) is 0.556. The molecule has 0 aliphatic carbocycles. The number of hydrogen-bond donors (Lipinski definition) is 7. The largest absolute Gasteiger partial charge is 0.490 e. The average Bonchev–Trinajstić information content (AvgIpc) is 2.78. The normalized spacial score (nSPS) is 29.3. The number of aliphatic hydroxyl groups is 2. The van der Waals surface area contributed by atoms with E-state index in [2.05, 4.69) is 18.1 Å². The van der Waals surface area contributed by atoms with E-state index in [0.717, 1.165) is 10.8 Å². The summed E-state index contributed by atoms with van der Waals surface area (Å²) in [6, 6.07) is 1.20. The molecule has 1 fully saturated rings. The highest BCUT2D eigenvalue weighted by molar-refractivity contribution is 7.66. The molecule has 17 nitrogen and oxygen atoms in total. The number of phosphoric ester groups is 1. The molecule has 20 heteroatoms. The van der Waals surface area contributed by atoms with E-state index < -0.39 is 60.3 Å². The van der Waals surface area contributed by atoms with Crippen molar-refractivity contribution in [1.82, 2.24) is 9.55 Å². The van der Waals surface area contributed by atoms with E-state index in [-0.39, 0.29) is 5.82 Å². The van der Waals surface area contributed by atoms with Crippen molar-refractivity contribution in [3.63, 3.8) is 0 Å². The standard InChI is InChI=1S/C9H16N3O14P3/c10-5-1-2-12(9(15)11-5)8-7(14)6(13)4(24-8)3-23-28(19,20)26-29(21,22)25-27(16,17)18/h1-2,4,6-8,13-14H,3H2,(H,19,20)(H,21,22)(H2,10,11,15)(H2,16,17,18)/t4?,6-,7?,8?/m1/s1. The molecule has 0 spiro atoms. The van der Waals surface area contributed by atoms with Crippen LogP contribution in [-0.2, 0) is 31.6 Å². The molecule has 1 aliphatic rings. The van der Waals surface area contributed by atoms with Crippen molar-refractivity contribution < 1.29 is 61.4 Å². The van der Waals surface area contributed by atoms with Gasteiger partial charge in [0.25, 0.3) is 0 Å². The SMILES string of the molecule is Nc1ccn(C2OC(COP(=O)(O)OP(=O)(O)OP(=O)(O)O)[C@@H](O)C2O)c(=O)n1. The number of nitrogens with two attached hydrogens (primary N) is 1. The van der Waals surface area contributed by atoms with Crippen LogP contribution in [0.5, 0.6) is 0 Å². The van der Waals surface area contributed by atoms with E-state index >= 15 is 0 Å². The first kappa shape index (κ1) is 24.2. The number of nitrogens with zero attached hydrogens (tertiary/aromatic N) is 2. The van der Waals surface area contributed by atoms with Crippen molar-refractivity contribution in [2.45, 2.75) is 24.5 Å². The van der Waals surface area contributed by atoms with E-state index in [1.807, 2.05) is 0 Å². The van der Waals surface area contributed by atoms with Gasteiger partial charge in [-0.3, -0.25) is 9.09 Å². The second-order valence-corrected chi connectivity index (χ2v) is 9.90. The minimum Gasteiger partial charge on any atom is -0.387 e. The van der Waals surface area contributed by atoms with Crippen molar-refractivity contribution in [3.05, 3.63) is 22.7 Å². The number of rotatable bonds is 8. The number of anilines is 1. The van der Waals surface area contributed by atoms with Gasteiger partial charge in [0.2, 0.25) is 0 Å². The quantitative estimate of drug-likeness (QED) is 0.193. The van der Waals surface area contributed by atoms with Crippen molar-refractivity contribution in [2.24, 2.45) is 0 Å². The van der Waals surface area contributed by atoms with E-state index in [1.54, 1.807) is 0 Å². The summed E-state index contributed by atoms with van der Waals surface area (Å²) in [6.07, 6.45) is -5.38. The first-order valence-corrected chi connectivity index (χ1v) is 11.8. The first-order valence-electron chi connectivity index (χ1n) is 7.25. The topological polar surface area (TPSA) is 270 Å². The molecule has 1 aliphatic heterocycles. The second kappa shape index (κ2) is 8.61. The number of hydrogen-bond acceptors (Lipinski definition) is 12. The molecule has 0 saturated carbocycles. The first-order chi connectivity index (χ1) is 13.1. The summed E-state index contributed by atoms with van der Waals surface area (Å²) in [6.45, 7) is -1.02. The maximum atomic E-state index is 11.8. The molecule has 0 amide bonds. The number of phosphoric acid groups is 3. The van der Waals surface area contributed by atoms with Crippen LogP contribution in [0, 0.1) is 0 Å². The van der Waals surface area contributed by atoms with Crippen molar-refractivity contribution >= 4 is 29.3 Å². The highest BCUT2D eigenvalue weighted by Gasteiger charge is 2.46. The molecule has 8 N–H and O–H groups in total. The maximum Gasteiger partial charge on any atom is 0.490 e. The molecular formula is C9H16N3O14P3. The van der Waals surface area contributed by atoms with Gasteiger partial charge in [-0.15, -0.1) is 0 Å². The maximum absolute atomic E-state index is 11.8. The third kappa shape index (κ3) is 6.73. The van der Waals surface area contributed by atoms with Crippen LogP contribution in [-0.4, -0.2) is 64.3 Å². The molecule has 1 aromatic rings. The Labute approximate surface area is 160 Å². The highest BCUT2D eigenvalue weighted by Crippen LogP contribution is 2.66. The smallest absolute Gasteiger partial charge is 0.387 e. The summed E-state index contributed by atoms with van der Waals surface area (Å²) in [5.74, 6) is -0.122. The highest BCUT2D eigenvalue weighted by atomic mass is 31.3. The fourth-order valence-corrected chi connectivity index (χ4v) is 5.22. The minimum absolute atomic E-state index is 0.122. The van der Waals surface area contributed by atoms with Crippen molar-refractivity contribution in [1.29, 1.82) is 0 Å². The van der Waals surface area contributed by atoms with E-state index in [4.69, 9.17) is 25.2 Å². The summed E-state index contributed by atoms with van der Waals surface area (Å²) in [7, 11) is -16.7. The Morgan fingerprint density at radius 1 is 1.10 bits per heavy atom. The third-order valence-electron chi connectivity index (χ3n) is 3.28. The van der Waals surface area contributed by atoms with Crippen molar-refractivity contribution in [3.8, 4) is 0 Å². The van der Waals surface area contributed by atoms with Gasteiger partial charge in [0.15, 0.2) is 6.23 Å². The molecule has 166 valence electrons. The van der Waals surface area contributed by atoms with Crippen LogP contribution in [0.3, 0.4) is 0 Å². The Hall–Kier alpha value is -1.03. The summed E-state index contributed by atoms with van der Waals surface area (Å²) < 4.78 is 50.8. The Balaban J connectivity index is 2.05. The molecular weight excluding hydrogens is 467 g/mol. The molecule has 2 heterocycles. The van der Waals surface area contributed by atoms with Crippen LogP contribution in [0.1, 0.15) is 6.23 Å². The van der Waals surface area contributed by atoms with Crippen LogP contribution >= 0.6 is 23.5 Å². The molecule has 29 heavy (non-hydrogen) atoms. The van der Waals surface area contributed by atoms with Crippen LogP contribution in [0.25, 0.3) is 0 Å². The number of nitrogen functional groups attached to an aromatic ring is 1. The van der Waals surface area contributed by atoms with Gasteiger partial charge < -0.3 is 40.3 Å². The molecule has 2 rings (SSSR count). The van der Waals surface area contributed by atoms with Gasteiger partial charge in [0.1, 0.15) is 24.1 Å². The van der Waals surface area contributed by atoms with Crippen LogP contribution in [0.2, 0.25) is 0 Å². The lowest BCUT2D eigenvalue weighted by Crippen LogP contribution is -2.36. The molecule has 1 aromatic heterocycles. The van der Waals surface area contributed by atoms with E-state index in [1.165, 1.54) is 6.07 Å². The van der Waals surface area contributed by atoms with Crippen LogP contribution in [0.15, 0.2) is 17.1 Å². The molecule has 6 atom stereocenters. The summed E-state index contributed by atoms with van der Waals surface area (Å²) in [4.78, 5) is 50.5. The lowest BCUT2D eigenvalue weighted by molar-refractivity contribution is -0.0541. The van der Waals surface area contributed by atoms with Crippen LogP contribution in [0.4, 0.5) is 5.82 Å². The number of ether oxygens (including phenoxy) is 1. The third-order valence-corrected chi connectivity index (χ3v) is 7.08. The predicted molar refractivity (Wildman–Crippen MR) is 88.6 cm³/mol. The minimum atomic E-state index is -5.71. The molecule has 0 radical (unpaired) electrons. The van der Waals surface area contributed by atoms with Gasteiger partial charge >= 0.3 is 29.2 Å². The second-order valence-electron chi connectivity index (χ2n) is 5.48. The lowest BCUT2D eigenvalue weighted by Gasteiger charge is -2.19. The fourth-order valence-electron chi connectivity index (χ4n) is 2.19. The van der Waals surface area contributed by atoms with Gasteiger partial charge in [-0.2, -0.15) is 13.6 Å². The molecule has 5 unspecified atom stereocenters. The van der Waals surface area contributed by atoms with Gasteiger partial charge in [0, 0.05) is 6.20 Å². The zero-order valence-corrected chi connectivity index (χ0v) is 16.6. The average molecular weight is 483 g/mol. The Bertz CT molecular complexity index is 946. The van der Waals surface area contributed by atoms with E-state index in [0.29, 0.717) is 0 Å². The summed E-state index contributed by atoms with van der Waals surface area (Å²) >= 11 is 0. The number of aliphatic hydroxyl groups excluding tert-OH is 2. The number of aromatic nitrogens is 2. The predicted octanol–water partition coefficient (Wildman–Crippen LogP) is -2.21. The van der Waals surface area contributed by atoms with Gasteiger partial charge in [-0.25, -0.2) is 18.5 Å². The monoisotopic (exact) mass is 483 g/mol.